The van der Waals surface area contributed by atoms with E-state index in [0.717, 1.165) is 32.7 Å². The topological polar surface area (TPSA) is 58.5 Å². The predicted molar refractivity (Wildman–Crippen MR) is 89.0 cm³/mol. The maximum absolute atomic E-state index is 5.68. The second-order valence-corrected chi connectivity index (χ2v) is 6.02. The van der Waals surface area contributed by atoms with Crippen LogP contribution in [-0.2, 0) is 13.1 Å². The molecule has 1 aliphatic rings. The summed E-state index contributed by atoms with van der Waals surface area (Å²) in [6.07, 6.45) is 1.60. The summed E-state index contributed by atoms with van der Waals surface area (Å²) in [6.45, 7) is 5.81. The Morgan fingerprint density at radius 1 is 0.833 bits per heavy atom. The molecule has 1 aliphatic heterocycles. The fourth-order valence-electron chi connectivity index (χ4n) is 2.96. The molecule has 3 aromatic rings. The number of hydrogen-bond acceptors (Lipinski definition) is 6. The lowest BCUT2D eigenvalue weighted by atomic mass is 10.2. The zero-order chi connectivity index (χ0) is 16.2. The van der Waals surface area contributed by atoms with E-state index in [4.69, 9.17) is 8.83 Å². The maximum Gasteiger partial charge on any atom is 0.283 e. The molecule has 0 radical (unpaired) electrons. The molecule has 2 aromatic heterocycles. The Balaban J connectivity index is 1.29. The summed E-state index contributed by atoms with van der Waals surface area (Å²) in [5.41, 5.74) is 1.37. The minimum Gasteiger partial charge on any atom is -0.459 e. The first-order valence-electron chi connectivity index (χ1n) is 8.22. The first kappa shape index (κ1) is 15.1. The van der Waals surface area contributed by atoms with E-state index in [1.807, 2.05) is 12.1 Å². The highest BCUT2D eigenvalue weighted by atomic mass is 16.4. The second-order valence-electron chi connectivity index (χ2n) is 6.02. The predicted octanol–water partition coefficient (Wildman–Crippen LogP) is 2.65. The fourth-order valence-corrected chi connectivity index (χ4v) is 2.96. The maximum atomic E-state index is 5.68. The van der Waals surface area contributed by atoms with Gasteiger partial charge >= 0.3 is 0 Å². The van der Waals surface area contributed by atoms with Gasteiger partial charge in [-0.2, -0.15) is 0 Å². The first-order valence-corrected chi connectivity index (χ1v) is 8.22. The molecular weight excluding hydrogens is 304 g/mol. The molecule has 1 fully saturated rings. The van der Waals surface area contributed by atoms with Gasteiger partial charge in [0.2, 0.25) is 5.89 Å². The van der Waals surface area contributed by atoms with Gasteiger partial charge in [-0.1, -0.05) is 30.3 Å². The monoisotopic (exact) mass is 324 g/mol. The molecule has 0 amide bonds. The van der Waals surface area contributed by atoms with Crippen LogP contribution in [0.2, 0.25) is 0 Å². The number of aromatic nitrogens is 2. The van der Waals surface area contributed by atoms with Gasteiger partial charge in [0.05, 0.1) is 12.8 Å². The summed E-state index contributed by atoms with van der Waals surface area (Å²) < 4.78 is 11.0. The van der Waals surface area contributed by atoms with Gasteiger partial charge in [-0.15, -0.1) is 10.2 Å². The van der Waals surface area contributed by atoms with Crippen LogP contribution >= 0.6 is 0 Å². The van der Waals surface area contributed by atoms with E-state index in [1.54, 1.807) is 6.26 Å². The Kier molecular flexibility index (Phi) is 4.40. The van der Waals surface area contributed by atoms with Crippen LogP contribution in [0.25, 0.3) is 11.7 Å². The molecule has 3 heterocycles. The van der Waals surface area contributed by atoms with Crippen LogP contribution < -0.4 is 0 Å². The second kappa shape index (κ2) is 6.98. The van der Waals surface area contributed by atoms with Gasteiger partial charge in [0, 0.05) is 32.7 Å². The van der Waals surface area contributed by atoms with Gasteiger partial charge in [0.1, 0.15) is 0 Å². The third-order valence-electron chi connectivity index (χ3n) is 4.27. The van der Waals surface area contributed by atoms with Crippen molar-refractivity contribution in [3.05, 3.63) is 60.2 Å². The Labute approximate surface area is 140 Å². The number of hydrogen-bond donors (Lipinski definition) is 0. The molecule has 0 N–H and O–H groups in total. The molecule has 1 aromatic carbocycles. The Hall–Kier alpha value is -2.44. The van der Waals surface area contributed by atoms with Crippen molar-refractivity contribution in [2.45, 2.75) is 13.1 Å². The first-order chi connectivity index (χ1) is 11.9. The Bertz CT molecular complexity index is 746. The van der Waals surface area contributed by atoms with Crippen LogP contribution in [0.4, 0.5) is 0 Å². The number of nitrogens with zero attached hydrogens (tertiary/aromatic N) is 4. The summed E-state index contributed by atoms with van der Waals surface area (Å²) in [4.78, 5) is 4.83. The van der Waals surface area contributed by atoms with E-state index in [1.165, 1.54) is 5.56 Å². The van der Waals surface area contributed by atoms with Crippen molar-refractivity contribution in [2.75, 3.05) is 26.2 Å². The van der Waals surface area contributed by atoms with Gasteiger partial charge in [0.15, 0.2) is 5.76 Å². The van der Waals surface area contributed by atoms with Gasteiger partial charge in [0.25, 0.3) is 5.89 Å². The van der Waals surface area contributed by atoms with Crippen molar-refractivity contribution >= 4 is 0 Å². The van der Waals surface area contributed by atoms with E-state index in [9.17, 15) is 0 Å². The average Bonchev–Trinajstić information content (AvgIpc) is 3.29. The molecule has 6 nitrogen and oxygen atoms in total. The highest BCUT2D eigenvalue weighted by Crippen LogP contribution is 2.19. The molecule has 0 saturated carbocycles. The van der Waals surface area contributed by atoms with Crippen molar-refractivity contribution in [2.24, 2.45) is 0 Å². The molecule has 4 rings (SSSR count). The van der Waals surface area contributed by atoms with Crippen LogP contribution in [0.15, 0.2) is 57.6 Å². The SMILES string of the molecule is c1ccc(CN2CCN(Cc3nnc(-c4ccco4)o3)CC2)cc1. The lowest BCUT2D eigenvalue weighted by Gasteiger charge is -2.33. The van der Waals surface area contributed by atoms with Crippen molar-refractivity contribution in [3.8, 4) is 11.7 Å². The average molecular weight is 324 g/mol. The summed E-state index contributed by atoms with van der Waals surface area (Å²) in [7, 11) is 0. The van der Waals surface area contributed by atoms with Crippen LogP contribution in [-0.4, -0.2) is 46.2 Å². The van der Waals surface area contributed by atoms with Crippen LogP contribution in [0.3, 0.4) is 0 Å². The zero-order valence-electron chi connectivity index (χ0n) is 13.5. The highest BCUT2D eigenvalue weighted by molar-refractivity contribution is 5.42. The van der Waals surface area contributed by atoms with Crippen molar-refractivity contribution in [3.63, 3.8) is 0 Å². The summed E-state index contributed by atoms with van der Waals surface area (Å²) in [5, 5.41) is 8.17. The van der Waals surface area contributed by atoms with Gasteiger partial charge in [-0.25, -0.2) is 0 Å². The summed E-state index contributed by atoms with van der Waals surface area (Å²) in [5.74, 6) is 1.69. The number of furan rings is 1. The van der Waals surface area contributed by atoms with Crippen LogP contribution in [0.5, 0.6) is 0 Å². The molecule has 0 atom stereocenters. The summed E-state index contributed by atoms with van der Waals surface area (Å²) in [6, 6.07) is 14.2. The van der Waals surface area contributed by atoms with E-state index >= 15 is 0 Å². The number of rotatable bonds is 5. The van der Waals surface area contributed by atoms with Crippen LogP contribution in [0, 0.1) is 0 Å². The molecule has 1 saturated heterocycles. The van der Waals surface area contributed by atoms with Crippen molar-refractivity contribution in [1.29, 1.82) is 0 Å². The van der Waals surface area contributed by atoms with E-state index < -0.39 is 0 Å². The molecule has 0 bridgehead atoms. The standard InChI is InChI=1S/C18H20N4O2/c1-2-5-15(6-3-1)13-21-8-10-22(11-9-21)14-17-19-20-18(24-17)16-7-4-12-23-16/h1-7,12H,8-11,13-14H2. The molecule has 0 spiro atoms. The van der Waals surface area contributed by atoms with Crippen molar-refractivity contribution < 1.29 is 8.83 Å². The molecule has 124 valence electrons. The molecule has 0 aliphatic carbocycles. The van der Waals surface area contributed by atoms with E-state index in [0.29, 0.717) is 24.1 Å². The molecule has 6 heteroatoms. The number of benzene rings is 1. The third kappa shape index (κ3) is 3.55. The zero-order valence-corrected chi connectivity index (χ0v) is 13.5. The summed E-state index contributed by atoms with van der Waals surface area (Å²) >= 11 is 0. The van der Waals surface area contributed by atoms with E-state index in [2.05, 4.69) is 50.3 Å². The smallest absolute Gasteiger partial charge is 0.283 e. The largest absolute Gasteiger partial charge is 0.459 e. The van der Waals surface area contributed by atoms with Crippen molar-refractivity contribution in [1.82, 2.24) is 20.0 Å². The lowest BCUT2D eigenvalue weighted by molar-refractivity contribution is 0.114. The van der Waals surface area contributed by atoms with Gasteiger partial charge < -0.3 is 8.83 Å². The fraction of sp³-hybridized carbons (Fsp3) is 0.333. The molecule has 24 heavy (non-hydrogen) atoms. The Morgan fingerprint density at radius 2 is 1.58 bits per heavy atom. The third-order valence-corrected chi connectivity index (χ3v) is 4.27. The molecular formula is C18H20N4O2. The quantitative estimate of drug-likeness (QED) is 0.719. The van der Waals surface area contributed by atoms with Gasteiger partial charge in [-0.05, 0) is 17.7 Å². The number of piperazine rings is 1. The minimum atomic E-state index is 0.442. The normalized spacial score (nSPS) is 16.5. The van der Waals surface area contributed by atoms with Gasteiger partial charge in [-0.3, -0.25) is 9.80 Å². The van der Waals surface area contributed by atoms with E-state index in [-0.39, 0.29) is 0 Å². The Morgan fingerprint density at radius 3 is 2.29 bits per heavy atom. The lowest BCUT2D eigenvalue weighted by Crippen LogP contribution is -2.45. The van der Waals surface area contributed by atoms with Crippen LogP contribution in [0.1, 0.15) is 11.5 Å². The highest BCUT2D eigenvalue weighted by Gasteiger charge is 2.19. The molecule has 0 unspecified atom stereocenters. The minimum absolute atomic E-state index is 0.442.